The molecule has 264 valence electrons. The van der Waals surface area contributed by atoms with Crippen LogP contribution in [0.5, 0.6) is 17.2 Å². The first-order valence-electron chi connectivity index (χ1n) is 19.3. The van der Waals surface area contributed by atoms with E-state index in [2.05, 4.69) is 46.7 Å². The summed E-state index contributed by atoms with van der Waals surface area (Å²) in [6.07, 6.45) is 18.9. The minimum absolute atomic E-state index is 0.0731. The maximum Gasteiger partial charge on any atom is 0.308 e. The van der Waals surface area contributed by atoms with Crippen molar-refractivity contribution < 1.29 is 24.2 Å². The van der Waals surface area contributed by atoms with Crippen molar-refractivity contribution in [2.24, 2.45) is 11.8 Å². The van der Waals surface area contributed by atoms with Crippen LogP contribution in [0, 0.1) is 11.8 Å². The van der Waals surface area contributed by atoms with Crippen LogP contribution in [0.15, 0.2) is 49.1 Å². The maximum absolute atomic E-state index is 14.4. The Morgan fingerprint density at radius 2 is 1.90 bits per heavy atom. The maximum atomic E-state index is 14.4. The Balaban J connectivity index is 1.17. The number of hydrogen-bond donors (Lipinski definition) is 1. The van der Waals surface area contributed by atoms with Gasteiger partial charge in [0.25, 0.3) is 0 Å². The molecule has 0 aromatic heterocycles. The zero-order valence-corrected chi connectivity index (χ0v) is 29.5. The zero-order chi connectivity index (χ0) is 34.0. The van der Waals surface area contributed by atoms with Gasteiger partial charge in [-0.3, -0.25) is 14.5 Å². The van der Waals surface area contributed by atoms with Crippen molar-refractivity contribution in [3.63, 3.8) is 0 Å². The molecule has 5 aliphatic rings. The third kappa shape index (κ3) is 6.64. The Hall–Kier alpha value is -3.32. The number of hydrogen-bond acceptors (Lipinski definition) is 6. The van der Waals surface area contributed by atoms with Gasteiger partial charge in [-0.25, -0.2) is 0 Å². The summed E-state index contributed by atoms with van der Waals surface area (Å²) >= 11 is 0. The second kappa shape index (κ2) is 14.9. The van der Waals surface area contributed by atoms with Gasteiger partial charge in [-0.1, -0.05) is 81.4 Å². The number of unbranched alkanes of at least 4 members (excludes halogenated alkanes) is 2. The average Bonchev–Trinajstić information content (AvgIpc) is 3.45. The van der Waals surface area contributed by atoms with E-state index in [1.165, 1.54) is 51.0 Å². The monoisotopic (exact) mass is 668 g/mol. The van der Waals surface area contributed by atoms with E-state index in [0.717, 1.165) is 94.5 Å². The highest BCUT2D eigenvalue weighted by atomic mass is 16.6. The van der Waals surface area contributed by atoms with Gasteiger partial charge in [0.05, 0.1) is 6.04 Å². The fourth-order valence-electron chi connectivity index (χ4n) is 10.7. The summed E-state index contributed by atoms with van der Waals surface area (Å²) in [4.78, 5) is 31.4. The number of phenols is 1. The van der Waals surface area contributed by atoms with Gasteiger partial charge >= 0.3 is 5.97 Å². The van der Waals surface area contributed by atoms with E-state index in [9.17, 15) is 14.7 Å². The van der Waals surface area contributed by atoms with E-state index in [0.29, 0.717) is 23.8 Å². The highest BCUT2D eigenvalue weighted by Gasteiger charge is 2.67. The normalized spacial score (nSPS) is 27.2. The predicted molar refractivity (Wildman–Crippen MR) is 192 cm³/mol. The number of amides is 1. The standard InChI is InChI=1S/C42H56N2O5/c1-3-24-43-26-23-42-33-21-22-34(41(42)49-40-37(48-29(2)45)28-36(46)32(39(40)42)27-35(33)43)44(25-13-12-19-31-16-8-5-9-17-31)38(47)20-11-10-18-30-14-6-4-7-15-30/h3,5,8-9,16-17,28,30,33-35,41,46H,1,4,6-7,10-15,18-27H2,2H3/t33-,34-,35+,41-,42-/m0/s1. The largest absolute Gasteiger partial charge is 0.508 e. The lowest BCUT2D eigenvalue weighted by Crippen LogP contribution is -2.69. The molecular weight excluding hydrogens is 612 g/mol. The molecule has 1 N–H and O–H groups in total. The number of aryl methyl sites for hydroxylation is 1. The van der Waals surface area contributed by atoms with Crippen LogP contribution in [0.3, 0.4) is 0 Å². The van der Waals surface area contributed by atoms with Gasteiger partial charge < -0.3 is 19.5 Å². The van der Waals surface area contributed by atoms with E-state index >= 15 is 0 Å². The van der Waals surface area contributed by atoms with Gasteiger partial charge in [0.2, 0.25) is 5.91 Å². The quantitative estimate of drug-likeness (QED) is 0.0955. The van der Waals surface area contributed by atoms with Gasteiger partial charge in [0.1, 0.15) is 11.9 Å². The van der Waals surface area contributed by atoms with E-state index in [4.69, 9.17) is 9.47 Å². The number of aromatic hydroxyl groups is 1. The van der Waals surface area contributed by atoms with E-state index < -0.39 is 5.97 Å². The summed E-state index contributed by atoms with van der Waals surface area (Å²) in [5, 5.41) is 11.4. The molecule has 2 aromatic carbocycles. The van der Waals surface area contributed by atoms with E-state index in [1.54, 1.807) is 6.07 Å². The summed E-state index contributed by atoms with van der Waals surface area (Å²) in [5.41, 5.74) is 2.96. The molecule has 1 amide bonds. The van der Waals surface area contributed by atoms with Gasteiger partial charge in [0.15, 0.2) is 11.5 Å². The number of phenolic OH excluding ortho intramolecular Hbond substituents is 1. The molecule has 2 aliphatic heterocycles. The van der Waals surface area contributed by atoms with Crippen molar-refractivity contribution >= 4 is 11.9 Å². The Bertz CT molecular complexity index is 1500. The number of carbonyl (C=O) groups excluding carboxylic acids is 2. The summed E-state index contributed by atoms with van der Waals surface area (Å²) in [5.74, 6) is 2.08. The van der Waals surface area contributed by atoms with Crippen molar-refractivity contribution in [2.45, 2.75) is 133 Å². The predicted octanol–water partition coefficient (Wildman–Crippen LogP) is 7.90. The van der Waals surface area contributed by atoms with Crippen LogP contribution in [-0.4, -0.2) is 64.6 Å². The number of carbonyl (C=O) groups is 2. The molecule has 3 aliphatic carbocycles. The Morgan fingerprint density at radius 1 is 1.08 bits per heavy atom. The molecule has 2 bridgehead atoms. The molecule has 2 aromatic rings. The number of esters is 1. The van der Waals surface area contributed by atoms with Crippen LogP contribution in [0.2, 0.25) is 0 Å². The lowest BCUT2D eigenvalue weighted by atomic mass is 9.50. The van der Waals surface area contributed by atoms with Crippen LogP contribution in [-0.2, 0) is 27.8 Å². The molecular formula is C42H56N2O5. The number of nitrogens with zero attached hydrogens (tertiary/aromatic N) is 2. The number of likely N-dealkylation sites (tertiary alicyclic amines) is 1. The molecule has 2 heterocycles. The summed E-state index contributed by atoms with van der Waals surface area (Å²) in [6.45, 7) is 7.88. The zero-order valence-electron chi connectivity index (χ0n) is 29.5. The molecule has 7 nitrogen and oxygen atoms in total. The minimum atomic E-state index is -0.433. The van der Waals surface area contributed by atoms with Crippen molar-refractivity contribution in [1.29, 1.82) is 0 Å². The fraction of sp³-hybridized carbons (Fsp3) is 0.619. The van der Waals surface area contributed by atoms with Crippen LogP contribution < -0.4 is 9.47 Å². The second-order valence-electron chi connectivity index (χ2n) is 15.6. The minimum Gasteiger partial charge on any atom is -0.508 e. The van der Waals surface area contributed by atoms with Gasteiger partial charge in [0, 0.05) is 55.1 Å². The lowest BCUT2D eigenvalue weighted by molar-refractivity contribution is -0.142. The first-order valence-corrected chi connectivity index (χ1v) is 19.3. The highest BCUT2D eigenvalue weighted by molar-refractivity contribution is 5.77. The summed E-state index contributed by atoms with van der Waals surface area (Å²) in [7, 11) is 0. The molecule has 1 spiro atoms. The molecule has 49 heavy (non-hydrogen) atoms. The lowest BCUT2D eigenvalue weighted by Gasteiger charge is -2.60. The summed E-state index contributed by atoms with van der Waals surface area (Å²) in [6, 6.07) is 12.4. The number of benzene rings is 2. The average molecular weight is 669 g/mol. The van der Waals surface area contributed by atoms with Gasteiger partial charge in [-0.15, -0.1) is 6.58 Å². The molecule has 0 radical (unpaired) electrons. The van der Waals surface area contributed by atoms with Crippen molar-refractivity contribution in [1.82, 2.24) is 9.80 Å². The highest BCUT2D eigenvalue weighted by Crippen LogP contribution is 2.65. The molecule has 7 rings (SSSR count). The topological polar surface area (TPSA) is 79.3 Å². The first-order chi connectivity index (χ1) is 23.9. The van der Waals surface area contributed by atoms with Crippen LogP contribution in [0.1, 0.15) is 114 Å². The number of ether oxygens (including phenoxy) is 2. The second-order valence-corrected chi connectivity index (χ2v) is 15.6. The van der Waals surface area contributed by atoms with Crippen LogP contribution in [0.4, 0.5) is 0 Å². The third-order valence-corrected chi connectivity index (χ3v) is 12.8. The molecule has 7 heteroatoms. The molecule has 1 saturated heterocycles. The number of piperidine rings is 1. The molecule has 3 fully saturated rings. The van der Waals surface area contributed by atoms with Crippen molar-refractivity contribution in [3.05, 3.63) is 65.7 Å². The van der Waals surface area contributed by atoms with Crippen LogP contribution in [0.25, 0.3) is 0 Å². The first kappa shape index (κ1) is 34.1. The smallest absolute Gasteiger partial charge is 0.308 e. The molecule has 2 saturated carbocycles. The van der Waals surface area contributed by atoms with Crippen molar-refractivity contribution in [3.8, 4) is 17.2 Å². The van der Waals surface area contributed by atoms with Gasteiger partial charge in [-0.05, 0) is 75.3 Å². The van der Waals surface area contributed by atoms with Gasteiger partial charge in [-0.2, -0.15) is 0 Å². The Labute approximate surface area is 293 Å². The SMILES string of the molecule is C=CCN1CC[C@]23c4c5c(O)cc(OC(C)=O)c4O[C@H]2[C@@H](N(CCCCc2ccccc2)C(=O)CCCCC2CCCCC2)CC[C@H]3[C@H]1C5. The van der Waals surface area contributed by atoms with E-state index in [-0.39, 0.29) is 35.3 Å². The Kier molecular flexibility index (Phi) is 10.4. The Morgan fingerprint density at radius 3 is 2.67 bits per heavy atom. The van der Waals surface area contributed by atoms with Crippen molar-refractivity contribution in [2.75, 3.05) is 19.6 Å². The summed E-state index contributed by atoms with van der Waals surface area (Å²) < 4.78 is 12.8. The fourth-order valence-corrected chi connectivity index (χ4v) is 10.7. The van der Waals surface area contributed by atoms with Crippen LogP contribution >= 0.6 is 0 Å². The van der Waals surface area contributed by atoms with E-state index in [1.807, 2.05) is 6.08 Å². The molecule has 0 unspecified atom stereocenters. The third-order valence-electron chi connectivity index (χ3n) is 12.8. The number of rotatable bonds is 14. The molecule has 5 atom stereocenters.